The molecule has 4 heteroatoms. The van der Waals surface area contributed by atoms with Crippen molar-refractivity contribution >= 4 is 12.2 Å². The molecule has 0 spiro atoms. The van der Waals surface area contributed by atoms with Crippen LogP contribution >= 0.6 is 0 Å². The van der Waals surface area contributed by atoms with Crippen LogP contribution in [0.4, 0.5) is 0 Å². The third kappa shape index (κ3) is 2.57. The first-order valence-corrected chi connectivity index (χ1v) is 6.94. The molecule has 104 valence electrons. The van der Waals surface area contributed by atoms with Crippen molar-refractivity contribution in [2.45, 2.75) is 39.5 Å². The van der Waals surface area contributed by atoms with Crippen LogP contribution in [-0.2, 0) is 18.3 Å². The highest BCUT2D eigenvalue weighted by Gasteiger charge is 2.20. The van der Waals surface area contributed by atoms with Crippen LogP contribution in [-0.4, -0.2) is 34.7 Å². The van der Waals surface area contributed by atoms with Crippen molar-refractivity contribution in [2.75, 3.05) is 13.1 Å². The van der Waals surface area contributed by atoms with Gasteiger partial charge in [-0.25, -0.2) is 0 Å². The highest BCUT2D eigenvalue weighted by atomic mass is 16.2. The van der Waals surface area contributed by atoms with Gasteiger partial charge in [0.25, 0.3) is 0 Å². The molecule has 1 fully saturated rings. The molecule has 0 saturated carbocycles. The van der Waals surface area contributed by atoms with Gasteiger partial charge in [0.05, 0.1) is 5.69 Å². The third-order valence-corrected chi connectivity index (χ3v) is 4.30. The van der Waals surface area contributed by atoms with Gasteiger partial charge in [0, 0.05) is 32.3 Å². The van der Waals surface area contributed by atoms with E-state index in [1.165, 1.54) is 0 Å². The van der Waals surface area contributed by atoms with Gasteiger partial charge >= 0.3 is 0 Å². The maximum Gasteiger partial charge on any atom is 0.222 e. The van der Waals surface area contributed by atoms with Crippen LogP contribution in [0.25, 0.3) is 0 Å². The second kappa shape index (κ2) is 5.59. The normalized spacial score (nSPS) is 15.0. The summed E-state index contributed by atoms with van der Waals surface area (Å²) in [7, 11) is 1.90. The van der Waals surface area contributed by atoms with Gasteiger partial charge in [0.2, 0.25) is 5.91 Å². The highest BCUT2D eigenvalue weighted by Crippen LogP contribution is 2.22. The average Bonchev–Trinajstić information content (AvgIpc) is 2.98. The first kappa shape index (κ1) is 13.8. The van der Waals surface area contributed by atoms with Crippen LogP contribution in [0.5, 0.6) is 0 Å². The molecule has 1 aromatic rings. The van der Waals surface area contributed by atoms with Crippen molar-refractivity contribution < 1.29 is 9.59 Å². The number of carbonyl (C=O) groups excluding carboxylic acids is 2. The predicted molar refractivity (Wildman–Crippen MR) is 74.4 cm³/mol. The number of rotatable bonds is 4. The lowest BCUT2D eigenvalue weighted by molar-refractivity contribution is -0.130. The lowest BCUT2D eigenvalue weighted by Crippen LogP contribution is -2.27. The fourth-order valence-electron chi connectivity index (χ4n) is 2.95. The number of likely N-dealkylation sites (tertiary alicyclic amines) is 1. The van der Waals surface area contributed by atoms with Gasteiger partial charge in [-0.1, -0.05) is 0 Å². The molecule has 1 saturated heterocycles. The molecule has 0 unspecified atom stereocenters. The van der Waals surface area contributed by atoms with Gasteiger partial charge in [-0.05, 0) is 44.2 Å². The largest absolute Gasteiger partial charge is 0.345 e. The van der Waals surface area contributed by atoms with Crippen molar-refractivity contribution in [1.29, 1.82) is 0 Å². The Balaban J connectivity index is 2.07. The standard InChI is InChI=1S/C15H22N2O2/c1-11-13(12(2)16(3)14(11)10-18)6-7-15(19)17-8-4-5-9-17/h10H,4-9H2,1-3H3. The van der Waals surface area contributed by atoms with E-state index in [0.29, 0.717) is 6.42 Å². The van der Waals surface area contributed by atoms with Gasteiger partial charge in [-0.3, -0.25) is 9.59 Å². The predicted octanol–water partition coefficient (Wildman–Crippen LogP) is 2.01. The summed E-state index contributed by atoms with van der Waals surface area (Å²) >= 11 is 0. The van der Waals surface area contributed by atoms with E-state index >= 15 is 0 Å². The number of aromatic nitrogens is 1. The van der Waals surface area contributed by atoms with Crippen LogP contribution in [0.2, 0.25) is 0 Å². The van der Waals surface area contributed by atoms with Crippen LogP contribution in [0.1, 0.15) is 46.6 Å². The minimum absolute atomic E-state index is 0.243. The van der Waals surface area contributed by atoms with Crippen LogP contribution in [0.15, 0.2) is 0 Å². The number of amides is 1. The minimum Gasteiger partial charge on any atom is -0.345 e. The van der Waals surface area contributed by atoms with Crippen LogP contribution in [0.3, 0.4) is 0 Å². The second-order valence-corrected chi connectivity index (χ2v) is 5.34. The zero-order valence-corrected chi connectivity index (χ0v) is 12.0. The molecule has 1 aromatic heterocycles. The number of hydrogen-bond acceptors (Lipinski definition) is 2. The summed E-state index contributed by atoms with van der Waals surface area (Å²) in [4.78, 5) is 25.1. The van der Waals surface area contributed by atoms with E-state index in [0.717, 1.165) is 61.2 Å². The van der Waals surface area contributed by atoms with Gasteiger partial charge < -0.3 is 9.47 Å². The number of aldehydes is 1. The lowest BCUT2D eigenvalue weighted by atomic mass is 10.0. The van der Waals surface area contributed by atoms with E-state index in [4.69, 9.17) is 0 Å². The molecule has 0 N–H and O–H groups in total. The van der Waals surface area contributed by atoms with Crippen molar-refractivity contribution in [3.05, 3.63) is 22.5 Å². The van der Waals surface area contributed by atoms with E-state index in [1.807, 2.05) is 30.4 Å². The van der Waals surface area contributed by atoms with E-state index < -0.39 is 0 Å². The van der Waals surface area contributed by atoms with Crippen LogP contribution in [0, 0.1) is 13.8 Å². The molecule has 19 heavy (non-hydrogen) atoms. The minimum atomic E-state index is 0.243. The summed E-state index contributed by atoms with van der Waals surface area (Å²) < 4.78 is 1.91. The van der Waals surface area contributed by atoms with E-state index in [2.05, 4.69) is 0 Å². The zero-order chi connectivity index (χ0) is 14.0. The molecule has 1 aliphatic heterocycles. The number of carbonyl (C=O) groups is 2. The Hall–Kier alpha value is -1.58. The Morgan fingerprint density at radius 2 is 1.89 bits per heavy atom. The van der Waals surface area contributed by atoms with Crippen molar-refractivity contribution in [1.82, 2.24) is 9.47 Å². The van der Waals surface area contributed by atoms with Crippen molar-refractivity contribution in [3.8, 4) is 0 Å². The van der Waals surface area contributed by atoms with E-state index in [1.54, 1.807) is 0 Å². The average molecular weight is 262 g/mol. The molecule has 0 aromatic carbocycles. The van der Waals surface area contributed by atoms with Gasteiger partial charge in [0.1, 0.15) is 0 Å². The molecule has 0 bridgehead atoms. The summed E-state index contributed by atoms with van der Waals surface area (Å²) in [6, 6.07) is 0. The topological polar surface area (TPSA) is 42.3 Å². The Labute approximate surface area is 114 Å². The number of nitrogens with zero attached hydrogens (tertiary/aromatic N) is 2. The van der Waals surface area contributed by atoms with Crippen molar-refractivity contribution in [3.63, 3.8) is 0 Å². The molecule has 2 rings (SSSR count). The molecule has 0 atom stereocenters. The van der Waals surface area contributed by atoms with Gasteiger partial charge in [-0.2, -0.15) is 0 Å². The first-order valence-electron chi connectivity index (χ1n) is 6.94. The SMILES string of the molecule is Cc1c(CCC(=O)N2CCCC2)c(C)n(C)c1C=O. The monoisotopic (exact) mass is 262 g/mol. The summed E-state index contributed by atoms with van der Waals surface area (Å²) in [5.41, 5.74) is 3.98. The highest BCUT2D eigenvalue weighted by molar-refractivity contribution is 5.78. The van der Waals surface area contributed by atoms with E-state index in [9.17, 15) is 9.59 Å². The van der Waals surface area contributed by atoms with E-state index in [-0.39, 0.29) is 5.91 Å². The third-order valence-electron chi connectivity index (χ3n) is 4.30. The summed E-state index contributed by atoms with van der Waals surface area (Å²) in [5.74, 6) is 0.243. The molecule has 4 nitrogen and oxygen atoms in total. The second-order valence-electron chi connectivity index (χ2n) is 5.34. The van der Waals surface area contributed by atoms with Gasteiger partial charge in [0.15, 0.2) is 6.29 Å². The molecule has 2 heterocycles. The quantitative estimate of drug-likeness (QED) is 0.779. The molecular formula is C15H22N2O2. The molecular weight excluding hydrogens is 240 g/mol. The van der Waals surface area contributed by atoms with Crippen LogP contribution < -0.4 is 0 Å². The summed E-state index contributed by atoms with van der Waals surface area (Å²) in [6.07, 6.45) is 4.43. The molecule has 0 aliphatic carbocycles. The smallest absolute Gasteiger partial charge is 0.222 e. The Bertz CT molecular complexity index is 497. The Kier molecular flexibility index (Phi) is 4.08. The fraction of sp³-hybridized carbons (Fsp3) is 0.600. The fourth-order valence-corrected chi connectivity index (χ4v) is 2.95. The molecule has 1 amide bonds. The lowest BCUT2D eigenvalue weighted by Gasteiger charge is -2.15. The summed E-state index contributed by atoms with van der Waals surface area (Å²) in [5, 5.41) is 0. The van der Waals surface area contributed by atoms with Crippen molar-refractivity contribution in [2.24, 2.45) is 7.05 Å². The first-order chi connectivity index (χ1) is 9.06. The van der Waals surface area contributed by atoms with Gasteiger partial charge in [-0.15, -0.1) is 0 Å². The zero-order valence-electron chi connectivity index (χ0n) is 12.0. The molecule has 1 aliphatic rings. The maximum atomic E-state index is 12.1. The Morgan fingerprint density at radius 1 is 1.26 bits per heavy atom. The number of hydrogen-bond donors (Lipinski definition) is 0. The Morgan fingerprint density at radius 3 is 2.42 bits per heavy atom. The maximum absolute atomic E-state index is 12.1. The summed E-state index contributed by atoms with van der Waals surface area (Å²) in [6.45, 7) is 5.79. The molecule has 0 radical (unpaired) electrons.